The fourth-order valence-corrected chi connectivity index (χ4v) is 3.34. The van der Waals surface area contributed by atoms with Crippen LogP contribution in [0.5, 0.6) is 0 Å². The number of anilines is 2. The van der Waals surface area contributed by atoms with Crippen molar-refractivity contribution in [2.45, 2.75) is 13.3 Å². The van der Waals surface area contributed by atoms with Crippen molar-refractivity contribution >= 4 is 23.2 Å². The SMILES string of the molecule is Cc1cc(NC(=O)CCNC(=O)c2ccccc2)ccc1N1CCN(C)CC1. The highest BCUT2D eigenvalue weighted by Gasteiger charge is 2.16. The van der Waals surface area contributed by atoms with Gasteiger partial charge >= 0.3 is 0 Å². The zero-order valence-corrected chi connectivity index (χ0v) is 16.6. The Balaban J connectivity index is 1.47. The minimum atomic E-state index is -0.166. The molecule has 1 aliphatic rings. The maximum atomic E-state index is 12.2. The van der Waals surface area contributed by atoms with E-state index in [4.69, 9.17) is 0 Å². The predicted octanol–water partition coefficient (Wildman–Crippen LogP) is 2.51. The third-order valence-corrected chi connectivity index (χ3v) is 5.00. The van der Waals surface area contributed by atoms with E-state index in [0.29, 0.717) is 12.1 Å². The van der Waals surface area contributed by atoms with Gasteiger partial charge in [-0.1, -0.05) is 18.2 Å². The molecule has 2 aromatic carbocycles. The zero-order chi connectivity index (χ0) is 19.9. The van der Waals surface area contributed by atoms with Gasteiger partial charge in [0.25, 0.3) is 5.91 Å². The summed E-state index contributed by atoms with van der Waals surface area (Å²) in [7, 11) is 2.14. The first kappa shape index (κ1) is 19.9. The summed E-state index contributed by atoms with van der Waals surface area (Å²) < 4.78 is 0. The van der Waals surface area contributed by atoms with E-state index in [1.54, 1.807) is 12.1 Å². The minimum absolute atomic E-state index is 0.111. The van der Waals surface area contributed by atoms with Gasteiger partial charge in [0, 0.05) is 56.1 Å². The lowest BCUT2D eigenvalue weighted by molar-refractivity contribution is -0.116. The average Bonchev–Trinajstić information content (AvgIpc) is 2.69. The molecule has 6 heteroatoms. The summed E-state index contributed by atoms with van der Waals surface area (Å²) in [5, 5.41) is 5.69. The number of amides is 2. The van der Waals surface area contributed by atoms with Crippen LogP contribution in [0.15, 0.2) is 48.5 Å². The summed E-state index contributed by atoms with van der Waals surface area (Å²) in [6.45, 7) is 6.54. The Kier molecular flexibility index (Phi) is 6.66. The quantitative estimate of drug-likeness (QED) is 0.808. The first-order valence-corrected chi connectivity index (χ1v) is 9.70. The van der Waals surface area contributed by atoms with Crippen molar-refractivity contribution in [1.82, 2.24) is 10.2 Å². The number of carbonyl (C=O) groups is 2. The molecule has 2 N–H and O–H groups in total. The van der Waals surface area contributed by atoms with Gasteiger partial charge in [-0.05, 0) is 49.9 Å². The topological polar surface area (TPSA) is 64.7 Å². The number of rotatable bonds is 6. The number of aryl methyl sites for hydroxylation is 1. The van der Waals surface area contributed by atoms with Gasteiger partial charge in [0.1, 0.15) is 0 Å². The van der Waals surface area contributed by atoms with E-state index in [-0.39, 0.29) is 18.2 Å². The number of nitrogens with zero attached hydrogens (tertiary/aromatic N) is 2. The Morgan fingerprint density at radius 2 is 1.71 bits per heavy atom. The van der Waals surface area contributed by atoms with Crippen LogP contribution in [0.1, 0.15) is 22.3 Å². The average molecular weight is 380 g/mol. The van der Waals surface area contributed by atoms with E-state index < -0.39 is 0 Å². The summed E-state index contributed by atoms with van der Waals surface area (Å²) in [5.74, 6) is -0.277. The van der Waals surface area contributed by atoms with Crippen LogP contribution >= 0.6 is 0 Å². The van der Waals surface area contributed by atoms with Gasteiger partial charge in [-0.2, -0.15) is 0 Å². The number of piperazine rings is 1. The lowest BCUT2D eigenvalue weighted by Gasteiger charge is -2.35. The first-order valence-electron chi connectivity index (χ1n) is 9.70. The maximum absolute atomic E-state index is 12.2. The molecule has 3 rings (SSSR count). The molecule has 0 unspecified atom stereocenters. The lowest BCUT2D eigenvalue weighted by atomic mass is 10.1. The van der Waals surface area contributed by atoms with E-state index in [1.807, 2.05) is 30.3 Å². The van der Waals surface area contributed by atoms with Gasteiger partial charge in [0.2, 0.25) is 5.91 Å². The molecule has 6 nitrogen and oxygen atoms in total. The number of likely N-dealkylation sites (N-methyl/N-ethyl adjacent to an activating group) is 1. The third-order valence-electron chi connectivity index (χ3n) is 5.00. The van der Waals surface area contributed by atoms with Crippen LogP contribution in [0.25, 0.3) is 0 Å². The smallest absolute Gasteiger partial charge is 0.251 e. The first-order chi connectivity index (χ1) is 13.5. The van der Waals surface area contributed by atoms with Crippen molar-refractivity contribution < 1.29 is 9.59 Å². The third kappa shape index (κ3) is 5.33. The Bertz CT molecular complexity index is 815. The standard InChI is InChI=1S/C22H28N4O2/c1-17-16-19(8-9-20(17)26-14-12-25(2)13-15-26)24-21(27)10-11-23-22(28)18-6-4-3-5-7-18/h3-9,16H,10-15H2,1-2H3,(H,23,28)(H,24,27). The van der Waals surface area contributed by atoms with Crippen LogP contribution in [-0.4, -0.2) is 56.5 Å². The minimum Gasteiger partial charge on any atom is -0.369 e. The van der Waals surface area contributed by atoms with Crippen molar-refractivity contribution in [3.05, 3.63) is 59.7 Å². The molecule has 2 amide bonds. The second-order valence-electron chi connectivity index (χ2n) is 7.21. The Morgan fingerprint density at radius 1 is 1.00 bits per heavy atom. The zero-order valence-electron chi connectivity index (χ0n) is 16.6. The van der Waals surface area contributed by atoms with Crippen LogP contribution < -0.4 is 15.5 Å². The van der Waals surface area contributed by atoms with Crippen molar-refractivity contribution in [1.29, 1.82) is 0 Å². The van der Waals surface area contributed by atoms with E-state index in [1.165, 1.54) is 5.69 Å². The van der Waals surface area contributed by atoms with Crippen molar-refractivity contribution in [3.8, 4) is 0 Å². The molecule has 1 saturated heterocycles. The Labute approximate surface area is 166 Å². The van der Waals surface area contributed by atoms with E-state index in [0.717, 1.165) is 37.4 Å². The molecule has 2 aromatic rings. The Hall–Kier alpha value is -2.86. The molecule has 28 heavy (non-hydrogen) atoms. The van der Waals surface area contributed by atoms with Crippen molar-refractivity contribution in [2.75, 3.05) is 50.0 Å². The molecular formula is C22H28N4O2. The molecule has 0 bridgehead atoms. The van der Waals surface area contributed by atoms with Gasteiger partial charge in [-0.3, -0.25) is 9.59 Å². The highest BCUT2D eigenvalue weighted by molar-refractivity contribution is 5.95. The molecule has 0 aliphatic carbocycles. The summed E-state index contributed by atoms with van der Waals surface area (Å²) in [4.78, 5) is 28.9. The number of hydrogen-bond acceptors (Lipinski definition) is 4. The van der Waals surface area contributed by atoms with Crippen molar-refractivity contribution in [3.63, 3.8) is 0 Å². The number of benzene rings is 2. The molecule has 0 radical (unpaired) electrons. The lowest BCUT2D eigenvalue weighted by Crippen LogP contribution is -2.44. The summed E-state index contributed by atoms with van der Waals surface area (Å²) >= 11 is 0. The number of carbonyl (C=O) groups excluding carboxylic acids is 2. The second-order valence-corrected chi connectivity index (χ2v) is 7.21. The van der Waals surface area contributed by atoms with Crippen LogP contribution in [-0.2, 0) is 4.79 Å². The Morgan fingerprint density at radius 3 is 2.39 bits per heavy atom. The van der Waals surface area contributed by atoms with E-state index in [2.05, 4.69) is 40.5 Å². The van der Waals surface area contributed by atoms with Crippen LogP contribution in [0.4, 0.5) is 11.4 Å². The summed E-state index contributed by atoms with van der Waals surface area (Å²) in [6.07, 6.45) is 0.234. The summed E-state index contributed by atoms with van der Waals surface area (Å²) in [6, 6.07) is 15.0. The van der Waals surface area contributed by atoms with Gasteiger partial charge in [0.05, 0.1) is 0 Å². The second kappa shape index (κ2) is 9.37. The van der Waals surface area contributed by atoms with Gasteiger partial charge in [-0.25, -0.2) is 0 Å². The molecule has 0 saturated carbocycles. The van der Waals surface area contributed by atoms with E-state index >= 15 is 0 Å². The normalized spacial score (nSPS) is 14.6. The molecule has 1 heterocycles. The highest BCUT2D eigenvalue weighted by Crippen LogP contribution is 2.24. The fraction of sp³-hybridized carbons (Fsp3) is 0.364. The fourth-order valence-electron chi connectivity index (χ4n) is 3.34. The van der Waals surface area contributed by atoms with E-state index in [9.17, 15) is 9.59 Å². The van der Waals surface area contributed by atoms with Gasteiger partial charge in [-0.15, -0.1) is 0 Å². The largest absolute Gasteiger partial charge is 0.369 e. The summed E-state index contributed by atoms with van der Waals surface area (Å²) in [5.41, 5.74) is 3.76. The van der Waals surface area contributed by atoms with Crippen LogP contribution in [0.2, 0.25) is 0 Å². The molecular weight excluding hydrogens is 352 g/mol. The number of nitrogens with one attached hydrogen (secondary N) is 2. The predicted molar refractivity (Wildman–Crippen MR) is 113 cm³/mol. The number of hydrogen-bond donors (Lipinski definition) is 2. The van der Waals surface area contributed by atoms with Crippen LogP contribution in [0, 0.1) is 6.92 Å². The molecule has 0 atom stereocenters. The molecule has 148 valence electrons. The van der Waals surface area contributed by atoms with Crippen molar-refractivity contribution in [2.24, 2.45) is 0 Å². The molecule has 1 fully saturated rings. The maximum Gasteiger partial charge on any atom is 0.251 e. The molecule has 0 aromatic heterocycles. The molecule has 0 spiro atoms. The van der Waals surface area contributed by atoms with Gasteiger partial charge < -0.3 is 20.4 Å². The molecule has 1 aliphatic heterocycles. The monoisotopic (exact) mass is 380 g/mol. The van der Waals surface area contributed by atoms with Gasteiger partial charge in [0.15, 0.2) is 0 Å². The highest BCUT2D eigenvalue weighted by atomic mass is 16.2. The van der Waals surface area contributed by atoms with Crippen LogP contribution in [0.3, 0.4) is 0 Å².